The van der Waals surface area contributed by atoms with Gasteiger partial charge in [-0.25, -0.2) is 0 Å². The van der Waals surface area contributed by atoms with E-state index in [1.807, 2.05) is 0 Å². The van der Waals surface area contributed by atoms with Crippen LogP contribution in [0.25, 0.3) is 0 Å². The highest BCUT2D eigenvalue weighted by atomic mass is 15.0. The Kier molecular flexibility index (Phi) is 5.04. The fraction of sp³-hybridized carbons (Fsp3) is 0.667. The highest BCUT2D eigenvalue weighted by Gasteiger charge is 2.24. The first kappa shape index (κ1) is 14.6. The Morgan fingerprint density at radius 1 is 0.947 bits per heavy atom. The highest BCUT2D eigenvalue weighted by Crippen LogP contribution is 2.23. The number of benzene rings is 1. The van der Waals surface area contributed by atoms with Crippen LogP contribution in [0.15, 0.2) is 24.3 Å². The molecule has 0 spiro atoms. The lowest BCUT2D eigenvalue weighted by molar-refractivity contribution is 0.328. The first-order chi connectivity index (χ1) is 9.04. The maximum Gasteiger partial charge on any atom is 0.0151 e. The van der Waals surface area contributed by atoms with E-state index in [1.54, 1.807) is 11.1 Å². The van der Waals surface area contributed by atoms with Gasteiger partial charge in [-0.1, -0.05) is 52.0 Å². The number of rotatable bonds is 6. The van der Waals surface area contributed by atoms with Gasteiger partial charge < -0.3 is 5.32 Å². The maximum absolute atomic E-state index is 3.93. The van der Waals surface area contributed by atoms with Crippen molar-refractivity contribution in [3.8, 4) is 0 Å². The second kappa shape index (κ2) is 6.56. The van der Waals surface area contributed by atoms with Crippen LogP contribution in [0.1, 0.15) is 51.7 Å². The van der Waals surface area contributed by atoms with Crippen molar-refractivity contribution in [3.05, 3.63) is 35.4 Å². The molecule has 0 aliphatic heterocycles. The Bertz CT molecular complexity index is 359. The van der Waals surface area contributed by atoms with E-state index in [2.05, 4.69) is 57.3 Å². The third-order valence-electron chi connectivity index (χ3n) is 4.03. The Labute approximate surface area is 118 Å². The normalized spacial score (nSPS) is 15.7. The molecular formula is C18H29N. The zero-order valence-electron chi connectivity index (χ0n) is 12.9. The minimum atomic E-state index is 0.653. The first-order valence-corrected chi connectivity index (χ1v) is 7.87. The van der Waals surface area contributed by atoms with E-state index >= 15 is 0 Å². The second-order valence-electron chi connectivity index (χ2n) is 7.00. The van der Waals surface area contributed by atoms with Crippen LogP contribution in [0.3, 0.4) is 0 Å². The fourth-order valence-corrected chi connectivity index (χ4v) is 3.38. The molecule has 1 aliphatic rings. The minimum Gasteiger partial charge on any atom is -0.311 e. The van der Waals surface area contributed by atoms with Crippen LogP contribution in [0.2, 0.25) is 0 Å². The molecule has 0 saturated heterocycles. The monoisotopic (exact) mass is 259 g/mol. The Morgan fingerprint density at radius 3 is 1.84 bits per heavy atom. The van der Waals surface area contributed by atoms with Gasteiger partial charge >= 0.3 is 0 Å². The molecule has 1 N–H and O–H groups in total. The molecule has 0 bridgehead atoms. The summed E-state index contributed by atoms with van der Waals surface area (Å²) in [5.41, 5.74) is 3.10. The van der Waals surface area contributed by atoms with Gasteiger partial charge in [-0.2, -0.15) is 0 Å². The van der Waals surface area contributed by atoms with Crippen LogP contribution in [0.5, 0.6) is 0 Å². The Morgan fingerprint density at radius 2 is 1.42 bits per heavy atom. The molecule has 1 aliphatic carbocycles. The summed E-state index contributed by atoms with van der Waals surface area (Å²) in [4.78, 5) is 0. The largest absolute Gasteiger partial charge is 0.311 e. The second-order valence-corrected chi connectivity index (χ2v) is 7.00. The topological polar surface area (TPSA) is 12.0 Å². The zero-order chi connectivity index (χ0) is 13.8. The molecule has 0 aromatic heterocycles. The van der Waals surface area contributed by atoms with Crippen LogP contribution in [-0.4, -0.2) is 12.1 Å². The lowest BCUT2D eigenvalue weighted by Gasteiger charge is -2.26. The van der Waals surface area contributed by atoms with Crippen molar-refractivity contribution < 1.29 is 0 Å². The molecule has 106 valence electrons. The molecule has 0 amide bonds. The minimum absolute atomic E-state index is 0.653. The lowest BCUT2D eigenvalue weighted by atomic mass is 9.94. The van der Waals surface area contributed by atoms with Gasteiger partial charge in [0.15, 0.2) is 0 Å². The van der Waals surface area contributed by atoms with Crippen molar-refractivity contribution in [1.29, 1.82) is 0 Å². The summed E-state index contributed by atoms with van der Waals surface area (Å²) < 4.78 is 0. The van der Waals surface area contributed by atoms with Crippen molar-refractivity contribution in [2.45, 2.75) is 65.5 Å². The molecule has 0 heterocycles. The average Bonchev–Trinajstić information content (AvgIpc) is 2.68. The predicted molar refractivity (Wildman–Crippen MR) is 83.5 cm³/mol. The predicted octanol–water partition coefficient (Wildman–Crippen LogP) is 4.20. The first-order valence-electron chi connectivity index (χ1n) is 7.87. The summed E-state index contributed by atoms with van der Waals surface area (Å²) in [6.45, 7) is 9.33. The summed E-state index contributed by atoms with van der Waals surface area (Å²) in [6, 6.07) is 10.2. The lowest BCUT2D eigenvalue weighted by Crippen LogP contribution is -2.40. The maximum atomic E-state index is 3.93. The Balaban J connectivity index is 1.92. The smallest absolute Gasteiger partial charge is 0.0151 e. The van der Waals surface area contributed by atoms with E-state index < -0.39 is 0 Å². The quantitative estimate of drug-likeness (QED) is 0.807. The summed E-state index contributed by atoms with van der Waals surface area (Å²) in [5, 5.41) is 3.93. The molecule has 1 aromatic rings. The van der Waals surface area contributed by atoms with E-state index in [1.165, 1.54) is 25.7 Å². The number of fused-ring (bicyclic) bond motifs is 1. The van der Waals surface area contributed by atoms with Crippen molar-refractivity contribution in [3.63, 3.8) is 0 Å². The van der Waals surface area contributed by atoms with E-state index in [0.717, 1.165) is 11.8 Å². The van der Waals surface area contributed by atoms with Gasteiger partial charge in [0.2, 0.25) is 0 Å². The molecule has 0 saturated carbocycles. The van der Waals surface area contributed by atoms with Gasteiger partial charge in [0.1, 0.15) is 0 Å². The summed E-state index contributed by atoms with van der Waals surface area (Å²) in [5.74, 6) is 1.56. The molecular weight excluding hydrogens is 230 g/mol. The molecule has 1 heteroatoms. The fourth-order valence-electron chi connectivity index (χ4n) is 3.38. The summed E-state index contributed by atoms with van der Waals surface area (Å²) >= 11 is 0. The average molecular weight is 259 g/mol. The van der Waals surface area contributed by atoms with E-state index in [4.69, 9.17) is 0 Å². The Hall–Kier alpha value is -0.820. The van der Waals surface area contributed by atoms with Crippen molar-refractivity contribution in [2.75, 3.05) is 0 Å². The summed E-state index contributed by atoms with van der Waals surface area (Å²) in [7, 11) is 0. The molecule has 2 rings (SSSR count). The van der Waals surface area contributed by atoms with E-state index in [-0.39, 0.29) is 0 Å². The van der Waals surface area contributed by atoms with Crippen molar-refractivity contribution >= 4 is 0 Å². The van der Waals surface area contributed by atoms with Crippen LogP contribution in [0, 0.1) is 11.8 Å². The van der Waals surface area contributed by atoms with Crippen molar-refractivity contribution in [2.24, 2.45) is 11.8 Å². The van der Waals surface area contributed by atoms with Gasteiger partial charge in [-0.15, -0.1) is 0 Å². The standard InChI is InChI=1S/C18H29N/c1-13(2)9-17(10-14(3)4)19-18-11-15-7-5-6-8-16(15)12-18/h5-8,13-14,17-19H,9-12H2,1-4H3. The van der Waals surface area contributed by atoms with Crippen LogP contribution in [-0.2, 0) is 12.8 Å². The summed E-state index contributed by atoms with van der Waals surface area (Å²) in [6.07, 6.45) is 5.02. The molecule has 1 aromatic carbocycles. The van der Waals surface area contributed by atoms with Gasteiger partial charge in [-0.3, -0.25) is 0 Å². The zero-order valence-corrected chi connectivity index (χ0v) is 12.9. The number of hydrogen-bond donors (Lipinski definition) is 1. The molecule has 0 fully saturated rings. The van der Waals surface area contributed by atoms with E-state index in [0.29, 0.717) is 12.1 Å². The highest BCUT2D eigenvalue weighted by molar-refractivity contribution is 5.33. The van der Waals surface area contributed by atoms with Gasteiger partial charge in [0.05, 0.1) is 0 Å². The van der Waals surface area contributed by atoms with Crippen LogP contribution < -0.4 is 5.32 Å². The molecule has 1 nitrogen and oxygen atoms in total. The number of hydrogen-bond acceptors (Lipinski definition) is 1. The molecule has 0 radical (unpaired) electrons. The third kappa shape index (κ3) is 4.35. The van der Waals surface area contributed by atoms with E-state index in [9.17, 15) is 0 Å². The number of nitrogens with one attached hydrogen (secondary N) is 1. The van der Waals surface area contributed by atoms with Gasteiger partial charge in [-0.05, 0) is 48.6 Å². The molecule has 0 unspecified atom stereocenters. The van der Waals surface area contributed by atoms with Gasteiger partial charge in [0, 0.05) is 12.1 Å². The third-order valence-corrected chi connectivity index (χ3v) is 4.03. The SMILES string of the molecule is CC(C)CC(CC(C)C)NC1Cc2ccccc2C1. The van der Waals surface area contributed by atoms with Crippen LogP contribution in [0.4, 0.5) is 0 Å². The van der Waals surface area contributed by atoms with Crippen LogP contribution >= 0.6 is 0 Å². The van der Waals surface area contributed by atoms with Crippen molar-refractivity contribution in [1.82, 2.24) is 5.32 Å². The molecule has 19 heavy (non-hydrogen) atoms. The van der Waals surface area contributed by atoms with Gasteiger partial charge in [0.25, 0.3) is 0 Å². The molecule has 0 atom stereocenters.